The van der Waals surface area contributed by atoms with Crippen LogP contribution in [0.25, 0.3) is 33.6 Å². The van der Waals surface area contributed by atoms with Crippen molar-refractivity contribution in [3.05, 3.63) is 101 Å². The molecule has 0 aliphatic heterocycles. The number of pyridine rings is 1. The van der Waals surface area contributed by atoms with Gasteiger partial charge in [-0.1, -0.05) is 36.4 Å². The molecule has 0 saturated heterocycles. The highest BCUT2D eigenvalue weighted by molar-refractivity contribution is 5.93. The number of fused-ring (bicyclic) bond motifs is 1. The number of halogens is 3. The molecule has 0 bridgehead atoms. The first kappa shape index (κ1) is 21.3. The minimum absolute atomic E-state index is 0.139. The lowest BCUT2D eigenvalue weighted by Gasteiger charge is -2.12. The number of hydrogen-bond acceptors (Lipinski definition) is 6. The quantitative estimate of drug-likeness (QED) is 0.300. The molecule has 0 N–H and O–H groups in total. The lowest BCUT2D eigenvalue weighted by atomic mass is 10.0. The zero-order chi connectivity index (χ0) is 23.7. The average molecular weight is 461 g/mol. The van der Waals surface area contributed by atoms with E-state index in [1.54, 1.807) is 24.3 Å². The van der Waals surface area contributed by atoms with Crippen LogP contribution in [0.5, 0.6) is 11.6 Å². The van der Waals surface area contributed by atoms with Crippen molar-refractivity contribution >= 4 is 11.0 Å². The second kappa shape index (κ2) is 8.43. The van der Waals surface area contributed by atoms with Gasteiger partial charge in [0.2, 0.25) is 5.88 Å². The molecular formula is C25H14F3N3O3. The van der Waals surface area contributed by atoms with Gasteiger partial charge in [-0.25, -0.2) is 9.78 Å². The highest BCUT2D eigenvalue weighted by Gasteiger charge is 2.34. The van der Waals surface area contributed by atoms with Crippen molar-refractivity contribution in [2.75, 3.05) is 0 Å². The smallest absolute Gasteiger partial charge is 0.433 e. The monoisotopic (exact) mass is 461 g/mol. The maximum absolute atomic E-state index is 13.4. The van der Waals surface area contributed by atoms with Crippen LogP contribution in [0.1, 0.15) is 5.69 Å². The second-order valence-corrected chi connectivity index (χ2v) is 7.23. The van der Waals surface area contributed by atoms with Crippen molar-refractivity contribution in [1.29, 1.82) is 0 Å². The zero-order valence-corrected chi connectivity index (χ0v) is 17.3. The van der Waals surface area contributed by atoms with Crippen LogP contribution in [0.2, 0.25) is 0 Å². The van der Waals surface area contributed by atoms with Gasteiger partial charge in [0.1, 0.15) is 17.0 Å². The first-order valence-electron chi connectivity index (χ1n) is 10.1. The van der Waals surface area contributed by atoms with Gasteiger partial charge in [-0.05, 0) is 35.4 Å². The molecule has 0 aliphatic rings. The van der Waals surface area contributed by atoms with Gasteiger partial charge in [-0.3, -0.25) is 4.98 Å². The van der Waals surface area contributed by atoms with E-state index < -0.39 is 17.5 Å². The molecule has 5 aromatic rings. The number of rotatable bonds is 4. The summed E-state index contributed by atoms with van der Waals surface area (Å²) in [6.45, 7) is 0. The Morgan fingerprint density at radius 3 is 2.38 bits per heavy atom. The molecule has 2 aromatic carbocycles. The Morgan fingerprint density at radius 1 is 0.853 bits per heavy atom. The topological polar surface area (TPSA) is 78.1 Å². The van der Waals surface area contributed by atoms with Gasteiger partial charge in [0.05, 0.1) is 0 Å². The van der Waals surface area contributed by atoms with Crippen LogP contribution >= 0.6 is 0 Å². The van der Waals surface area contributed by atoms with Crippen molar-refractivity contribution in [2.45, 2.75) is 6.18 Å². The summed E-state index contributed by atoms with van der Waals surface area (Å²) >= 11 is 0. The lowest BCUT2D eigenvalue weighted by molar-refractivity contribution is -0.141. The number of aromatic nitrogens is 3. The summed E-state index contributed by atoms with van der Waals surface area (Å²) in [5.74, 6) is -0.423. The summed E-state index contributed by atoms with van der Waals surface area (Å²) < 4.78 is 51.3. The molecule has 0 saturated carbocycles. The summed E-state index contributed by atoms with van der Waals surface area (Å²) in [6.07, 6.45) is -3.29. The zero-order valence-electron chi connectivity index (χ0n) is 17.3. The normalized spacial score (nSPS) is 11.5. The van der Waals surface area contributed by atoms with E-state index in [2.05, 4.69) is 15.0 Å². The van der Waals surface area contributed by atoms with Crippen LogP contribution in [0.4, 0.5) is 13.2 Å². The number of benzene rings is 2. The Kier molecular flexibility index (Phi) is 5.29. The molecule has 0 aliphatic carbocycles. The van der Waals surface area contributed by atoms with Gasteiger partial charge in [-0.15, -0.1) is 0 Å². The van der Waals surface area contributed by atoms with Gasteiger partial charge in [-0.2, -0.15) is 18.2 Å². The lowest BCUT2D eigenvalue weighted by Crippen LogP contribution is -2.10. The third-order valence-electron chi connectivity index (χ3n) is 4.91. The molecular weight excluding hydrogens is 447 g/mol. The molecule has 9 heteroatoms. The molecule has 34 heavy (non-hydrogen) atoms. The molecule has 0 fully saturated rings. The standard InChI is InChI=1S/C25H14F3N3O3/c26-25(27,28)21-14-22(31-24(30-21)19-8-4-5-11-29-19)33-16-9-10-17-18(15-6-2-1-3-7-15)13-23(32)34-20(17)12-16/h1-14H. The molecule has 6 nitrogen and oxygen atoms in total. The Labute approximate surface area is 190 Å². The highest BCUT2D eigenvalue weighted by Crippen LogP contribution is 2.34. The number of hydrogen-bond donors (Lipinski definition) is 0. The van der Waals surface area contributed by atoms with E-state index in [-0.39, 0.29) is 28.7 Å². The molecule has 0 radical (unpaired) electrons. The Morgan fingerprint density at radius 2 is 1.65 bits per heavy atom. The average Bonchev–Trinajstić information content (AvgIpc) is 2.84. The van der Waals surface area contributed by atoms with Crippen LogP contribution in [0, 0.1) is 0 Å². The van der Waals surface area contributed by atoms with E-state index >= 15 is 0 Å². The van der Waals surface area contributed by atoms with Crippen molar-refractivity contribution in [3.8, 4) is 34.3 Å². The molecule has 3 aromatic heterocycles. The van der Waals surface area contributed by atoms with Crippen molar-refractivity contribution < 1.29 is 22.3 Å². The predicted octanol–water partition coefficient (Wildman–Crippen LogP) is 6.12. The fraction of sp³-hybridized carbons (Fsp3) is 0.0400. The molecule has 0 unspecified atom stereocenters. The third-order valence-corrected chi connectivity index (χ3v) is 4.91. The Balaban J connectivity index is 1.57. The van der Waals surface area contributed by atoms with E-state index in [0.717, 1.165) is 5.56 Å². The minimum Gasteiger partial charge on any atom is -0.439 e. The molecule has 0 spiro atoms. The van der Waals surface area contributed by atoms with Crippen molar-refractivity contribution in [3.63, 3.8) is 0 Å². The third kappa shape index (κ3) is 4.36. The first-order chi connectivity index (χ1) is 16.4. The van der Waals surface area contributed by atoms with E-state index in [1.165, 1.54) is 24.4 Å². The predicted molar refractivity (Wildman–Crippen MR) is 118 cm³/mol. The summed E-state index contributed by atoms with van der Waals surface area (Å²) in [5.41, 5.74) is 0.130. The summed E-state index contributed by atoms with van der Waals surface area (Å²) in [4.78, 5) is 23.8. The van der Waals surface area contributed by atoms with Crippen LogP contribution in [0.15, 0.2) is 94.3 Å². The van der Waals surface area contributed by atoms with E-state index in [0.29, 0.717) is 17.0 Å². The maximum atomic E-state index is 13.4. The van der Waals surface area contributed by atoms with E-state index in [4.69, 9.17) is 9.15 Å². The fourth-order valence-electron chi connectivity index (χ4n) is 3.42. The number of nitrogens with zero attached hydrogens (tertiary/aromatic N) is 3. The first-order valence-corrected chi connectivity index (χ1v) is 10.1. The van der Waals surface area contributed by atoms with Gasteiger partial charge >= 0.3 is 11.8 Å². The van der Waals surface area contributed by atoms with Crippen LogP contribution in [-0.4, -0.2) is 15.0 Å². The van der Waals surface area contributed by atoms with Crippen LogP contribution in [-0.2, 0) is 6.18 Å². The highest BCUT2D eigenvalue weighted by atomic mass is 19.4. The molecule has 5 rings (SSSR count). The number of alkyl halides is 3. The Hall–Kier alpha value is -4.53. The molecule has 0 amide bonds. The fourth-order valence-corrected chi connectivity index (χ4v) is 3.42. The van der Waals surface area contributed by atoms with E-state index in [1.807, 2.05) is 30.3 Å². The second-order valence-electron chi connectivity index (χ2n) is 7.23. The molecule has 3 heterocycles. The SMILES string of the molecule is O=c1cc(-c2ccccc2)c2ccc(Oc3cc(C(F)(F)F)nc(-c4ccccn4)n3)cc2o1. The molecule has 0 atom stereocenters. The van der Waals surface area contributed by atoms with Crippen molar-refractivity contribution in [1.82, 2.24) is 15.0 Å². The number of ether oxygens (including phenoxy) is 1. The van der Waals surface area contributed by atoms with Crippen LogP contribution < -0.4 is 10.4 Å². The Bertz CT molecular complexity index is 1540. The summed E-state index contributed by atoms with van der Waals surface area (Å²) in [7, 11) is 0. The summed E-state index contributed by atoms with van der Waals surface area (Å²) in [5, 5.41) is 0.644. The van der Waals surface area contributed by atoms with Gasteiger partial charge in [0, 0.05) is 29.8 Å². The van der Waals surface area contributed by atoms with Crippen LogP contribution in [0.3, 0.4) is 0 Å². The summed E-state index contributed by atoms with van der Waals surface area (Å²) in [6, 6.07) is 20.8. The molecule has 168 valence electrons. The largest absolute Gasteiger partial charge is 0.439 e. The van der Waals surface area contributed by atoms with Gasteiger partial charge in [0.15, 0.2) is 11.5 Å². The minimum atomic E-state index is -4.72. The van der Waals surface area contributed by atoms with Gasteiger partial charge < -0.3 is 9.15 Å². The van der Waals surface area contributed by atoms with Crippen molar-refractivity contribution in [2.24, 2.45) is 0 Å². The van der Waals surface area contributed by atoms with Gasteiger partial charge in [0.25, 0.3) is 0 Å². The maximum Gasteiger partial charge on any atom is 0.433 e. The van der Waals surface area contributed by atoms with E-state index in [9.17, 15) is 18.0 Å².